The largest absolute Gasteiger partial charge is 0.377 e. The monoisotopic (exact) mass is 276 g/mol. The van der Waals surface area contributed by atoms with Gasteiger partial charge in [0.1, 0.15) is 0 Å². The second-order valence-corrected chi connectivity index (χ2v) is 6.68. The van der Waals surface area contributed by atoms with E-state index in [0.29, 0.717) is 6.04 Å². The molecule has 1 fully saturated rings. The van der Waals surface area contributed by atoms with Crippen molar-refractivity contribution in [3.05, 3.63) is 29.3 Å². The molecule has 1 aliphatic heterocycles. The molecular weight excluding hydrogens is 248 g/mol. The Bertz CT molecular complexity index is 454. The van der Waals surface area contributed by atoms with Crippen LogP contribution in [-0.2, 0) is 11.3 Å². The fourth-order valence-electron chi connectivity index (χ4n) is 2.74. The molecule has 0 aliphatic carbocycles. The van der Waals surface area contributed by atoms with Gasteiger partial charge in [-0.25, -0.2) is 0 Å². The van der Waals surface area contributed by atoms with Gasteiger partial charge in [0.2, 0.25) is 0 Å². The number of rotatable bonds is 4. The molecule has 0 atom stereocenters. The Kier molecular flexibility index (Phi) is 4.71. The summed E-state index contributed by atoms with van der Waals surface area (Å²) in [6.45, 7) is 14.5. The minimum Gasteiger partial charge on any atom is -0.377 e. The SMILES string of the molecule is Cc1ccc(N2CCOCC2(C)C)c(CNC(C)C)c1. The Labute approximate surface area is 123 Å². The van der Waals surface area contributed by atoms with E-state index in [1.807, 2.05) is 0 Å². The predicted molar refractivity (Wildman–Crippen MR) is 85.4 cm³/mol. The summed E-state index contributed by atoms with van der Waals surface area (Å²) in [5.41, 5.74) is 4.10. The maximum absolute atomic E-state index is 5.64. The lowest BCUT2D eigenvalue weighted by atomic mass is 9.98. The molecule has 1 saturated heterocycles. The summed E-state index contributed by atoms with van der Waals surface area (Å²) in [5.74, 6) is 0. The first-order valence-corrected chi connectivity index (χ1v) is 7.58. The molecule has 112 valence electrons. The molecule has 0 spiro atoms. The van der Waals surface area contributed by atoms with E-state index in [1.165, 1.54) is 16.8 Å². The molecule has 1 N–H and O–H groups in total. The number of hydrogen-bond acceptors (Lipinski definition) is 3. The molecule has 1 aromatic carbocycles. The molecule has 0 bridgehead atoms. The summed E-state index contributed by atoms with van der Waals surface area (Å²) < 4.78 is 5.64. The van der Waals surface area contributed by atoms with Gasteiger partial charge in [0.25, 0.3) is 0 Å². The van der Waals surface area contributed by atoms with E-state index in [2.05, 4.69) is 63.0 Å². The standard InChI is InChI=1S/C17H28N2O/c1-13(2)18-11-15-10-14(3)6-7-16(15)19-8-9-20-12-17(19,4)5/h6-7,10,13,18H,8-9,11-12H2,1-5H3. The van der Waals surface area contributed by atoms with Crippen molar-refractivity contribution >= 4 is 5.69 Å². The van der Waals surface area contributed by atoms with Crippen LogP contribution in [0.3, 0.4) is 0 Å². The summed E-state index contributed by atoms with van der Waals surface area (Å²) in [5, 5.41) is 3.54. The number of benzene rings is 1. The Balaban J connectivity index is 2.29. The molecule has 1 aromatic rings. The van der Waals surface area contributed by atoms with Crippen molar-refractivity contribution in [2.24, 2.45) is 0 Å². The molecule has 1 heterocycles. The van der Waals surface area contributed by atoms with Gasteiger partial charge in [0, 0.05) is 24.8 Å². The molecule has 0 saturated carbocycles. The third kappa shape index (κ3) is 3.53. The lowest BCUT2D eigenvalue weighted by Crippen LogP contribution is -2.53. The van der Waals surface area contributed by atoms with Gasteiger partial charge in [0.15, 0.2) is 0 Å². The highest BCUT2D eigenvalue weighted by Gasteiger charge is 2.31. The zero-order valence-corrected chi connectivity index (χ0v) is 13.5. The molecule has 0 amide bonds. The number of nitrogens with zero attached hydrogens (tertiary/aromatic N) is 1. The molecule has 0 unspecified atom stereocenters. The van der Waals surface area contributed by atoms with Gasteiger partial charge in [-0.05, 0) is 32.4 Å². The third-order valence-corrected chi connectivity index (χ3v) is 3.87. The van der Waals surface area contributed by atoms with E-state index < -0.39 is 0 Å². The fraction of sp³-hybridized carbons (Fsp3) is 0.647. The van der Waals surface area contributed by atoms with Crippen LogP contribution in [0.4, 0.5) is 5.69 Å². The second kappa shape index (κ2) is 6.15. The molecule has 3 nitrogen and oxygen atoms in total. The summed E-state index contributed by atoms with van der Waals surface area (Å²) >= 11 is 0. The number of aryl methyl sites for hydroxylation is 1. The van der Waals surface area contributed by atoms with Crippen molar-refractivity contribution in [1.29, 1.82) is 0 Å². The van der Waals surface area contributed by atoms with Crippen molar-refractivity contribution in [2.75, 3.05) is 24.7 Å². The highest BCUT2D eigenvalue weighted by Crippen LogP contribution is 2.30. The summed E-state index contributed by atoms with van der Waals surface area (Å²) in [4.78, 5) is 2.49. The molecule has 0 aromatic heterocycles. The Morgan fingerprint density at radius 2 is 2.10 bits per heavy atom. The quantitative estimate of drug-likeness (QED) is 0.914. The molecule has 0 radical (unpaired) electrons. The number of nitrogens with one attached hydrogen (secondary N) is 1. The van der Waals surface area contributed by atoms with Crippen LogP contribution in [-0.4, -0.2) is 31.3 Å². The van der Waals surface area contributed by atoms with E-state index in [-0.39, 0.29) is 5.54 Å². The van der Waals surface area contributed by atoms with Crippen LogP contribution in [0.2, 0.25) is 0 Å². The van der Waals surface area contributed by atoms with Crippen molar-refractivity contribution in [1.82, 2.24) is 5.32 Å². The van der Waals surface area contributed by atoms with Crippen LogP contribution in [0.1, 0.15) is 38.8 Å². The highest BCUT2D eigenvalue weighted by molar-refractivity contribution is 5.57. The normalized spacial score (nSPS) is 18.6. The van der Waals surface area contributed by atoms with Crippen LogP contribution in [0, 0.1) is 6.92 Å². The van der Waals surface area contributed by atoms with Crippen LogP contribution in [0.25, 0.3) is 0 Å². The first-order chi connectivity index (χ1) is 9.40. The van der Waals surface area contributed by atoms with Gasteiger partial charge in [-0.2, -0.15) is 0 Å². The number of hydrogen-bond donors (Lipinski definition) is 1. The first kappa shape index (κ1) is 15.3. The second-order valence-electron chi connectivity index (χ2n) is 6.68. The number of anilines is 1. The van der Waals surface area contributed by atoms with Gasteiger partial charge in [0.05, 0.1) is 18.8 Å². The average Bonchev–Trinajstić information content (AvgIpc) is 2.37. The fourth-order valence-corrected chi connectivity index (χ4v) is 2.74. The summed E-state index contributed by atoms with van der Waals surface area (Å²) in [6, 6.07) is 7.27. The zero-order chi connectivity index (χ0) is 14.8. The Morgan fingerprint density at radius 3 is 2.75 bits per heavy atom. The molecule has 1 aliphatic rings. The van der Waals surface area contributed by atoms with Gasteiger partial charge < -0.3 is 15.0 Å². The van der Waals surface area contributed by atoms with E-state index in [4.69, 9.17) is 4.74 Å². The molecule has 3 heteroatoms. The van der Waals surface area contributed by atoms with Crippen LogP contribution >= 0.6 is 0 Å². The van der Waals surface area contributed by atoms with E-state index >= 15 is 0 Å². The van der Waals surface area contributed by atoms with E-state index in [9.17, 15) is 0 Å². The molecular formula is C17H28N2O. The summed E-state index contributed by atoms with van der Waals surface area (Å²) in [7, 11) is 0. The number of ether oxygens (including phenoxy) is 1. The van der Waals surface area contributed by atoms with Crippen LogP contribution in [0.15, 0.2) is 18.2 Å². The predicted octanol–water partition coefficient (Wildman–Crippen LogP) is 3.11. The zero-order valence-electron chi connectivity index (χ0n) is 13.5. The van der Waals surface area contributed by atoms with Gasteiger partial charge in [-0.3, -0.25) is 0 Å². The Hall–Kier alpha value is -1.06. The maximum atomic E-state index is 5.64. The number of morpholine rings is 1. The molecule has 2 rings (SSSR count). The minimum absolute atomic E-state index is 0.0556. The van der Waals surface area contributed by atoms with Crippen molar-refractivity contribution < 1.29 is 4.74 Å². The van der Waals surface area contributed by atoms with Crippen molar-refractivity contribution in [3.63, 3.8) is 0 Å². The van der Waals surface area contributed by atoms with Crippen molar-refractivity contribution in [3.8, 4) is 0 Å². The lowest BCUT2D eigenvalue weighted by molar-refractivity contribution is 0.0643. The van der Waals surface area contributed by atoms with Gasteiger partial charge in [-0.15, -0.1) is 0 Å². The lowest BCUT2D eigenvalue weighted by Gasteiger charge is -2.44. The third-order valence-electron chi connectivity index (χ3n) is 3.87. The maximum Gasteiger partial charge on any atom is 0.0694 e. The first-order valence-electron chi connectivity index (χ1n) is 7.58. The van der Waals surface area contributed by atoms with E-state index in [1.54, 1.807) is 0 Å². The van der Waals surface area contributed by atoms with E-state index in [0.717, 1.165) is 26.3 Å². The Morgan fingerprint density at radius 1 is 1.35 bits per heavy atom. The smallest absolute Gasteiger partial charge is 0.0694 e. The molecule has 20 heavy (non-hydrogen) atoms. The summed E-state index contributed by atoms with van der Waals surface area (Å²) in [6.07, 6.45) is 0. The highest BCUT2D eigenvalue weighted by atomic mass is 16.5. The van der Waals surface area contributed by atoms with Crippen LogP contribution < -0.4 is 10.2 Å². The van der Waals surface area contributed by atoms with Crippen LogP contribution in [0.5, 0.6) is 0 Å². The van der Waals surface area contributed by atoms with Gasteiger partial charge in [-0.1, -0.05) is 31.5 Å². The average molecular weight is 276 g/mol. The van der Waals surface area contributed by atoms with Crippen molar-refractivity contribution in [2.45, 2.75) is 52.7 Å². The topological polar surface area (TPSA) is 24.5 Å². The van der Waals surface area contributed by atoms with Gasteiger partial charge >= 0.3 is 0 Å². The minimum atomic E-state index is 0.0556.